The van der Waals surface area contributed by atoms with Gasteiger partial charge in [-0.3, -0.25) is 9.80 Å². The predicted octanol–water partition coefficient (Wildman–Crippen LogP) is 5.05. The maximum absolute atomic E-state index is 13.0. The van der Waals surface area contributed by atoms with Crippen LogP contribution in [0.2, 0.25) is 5.02 Å². The molecule has 5 rings (SSSR count). The van der Waals surface area contributed by atoms with Gasteiger partial charge in [-0.15, -0.1) is 0 Å². The smallest absolute Gasteiger partial charge is 0.247 e. The van der Waals surface area contributed by atoms with Crippen molar-refractivity contribution in [2.75, 3.05) is 18.4 Å². The van der Waals surface area contributed by atoms with Crippen LogP contribution >= 0.6 is 27.5 Å². The van der Waals surface area contributed by atoms with Crippen LogP contribution in [0.1, 0.15) is 24.8 Å². The van der Waals surface area contributed by atoms with Crippen LogP contribution in [0, 0.1) is 0 Å². The van der Waals surface area contributed by atoms with E-state index in [1.165, 1.54) is 5.01 Å². The Bertz CT molecular complexity index is 1340. The van der Waals surface area contributed by atoms with Crippen LogP contribution in [0.5, 0.6) is 0 Å². The molecule has 4 aromatic rings. The van der Waals surface area contributed by atoms with Gasteiger partial charge in [0.15, 0.2) is 5.65 Å². The first-order chi connectivity index (χ1) is 16.5. The highest BCUT2D eigenvalue weighted by atomic mass is 79.9. The molecule has 3 N–H and O–H groups in total. The topological polar surface area (TPSA) is 88.5 Å². The van der Waals surface area contributed by atoms with Gasteiger partial charge in [0.05, 0.1) is 21.8 Å². The number of rotatable bonds is 8. The third-order valence-corrected chi connectivity index (χ3v) is 7.10. The Balaban J connectivity index is 1.27. The Labute approximate surface area is 211 Å². The van der Waals surface area contributed by atoms with Gasteiger partial charge in [-0.25, -0.2) is 10.8 Å². The van der Waals surface area contributed by atoms with Crippen molar-refractivity contribution in [1.29, 1.82) is 0 Å². The minimum Gasteiger partial charge on any atom is -0.370 e. The molecule has 9 heteroatoms. The zero-order chi connectivity index (χ0) is 23.7. The molecule has 2 heterocycles. The van der Waals surface area contributed by atoms with Gasteiger partial charge in [-0.2, -0.15) is 9.61 Å². The molecule has 7 nitrogen and oxygen atoms in total. The summed E-state index contributed by atoms with van der Waals surface area (Å²) in [6.07, 6.45) is 4.08. The molecule has 1 aliphatic rings. The molecule has 174 valence electrons. The van der Waals surface area contributed by atoms with E-state index in [2.05, 4.69) is 26.3 Å². The lowest BCUT2D eigenvalue weighted by Gasteiger charge is -2.23. The molecule has 0 bridgehead atoms. The van der Waals surface area contributed by atoms with E-state index in [4.69, 9.17) is 22.4 Å². The SMILES string of the molecule is NN(CCCNc1cc(-c2ccccc2Cl)nc2c(Br)cnn12)C(=O)C1(c2ccccc2)CC1. The van der Waals surface area contributed by atoms with Crippen molar-refractivity contribution in [3.8, 4) is 11.3 Å². The maximum Gasteiger partial charge on any atom is 0.247 e. The number of carbonyl (C=O) groups is 1. The second-order valence-electron chi connectivity index (χ2n) is 8.46. The van der Waals surface area contributed by atoms with Crippen molar-refractivity contribution in [3.63, 3.8) is 0 Å². The van der Waals surface area contributed by atoms with Crippen LogP contribution in [0.3, 0.4) is 0 Å². The van der Waals surface area contributed by atoms with Gasteiger partial charge >= 0.3 is 0 Å². The molecule has 0 aliphatic heterocycles. The number of hydrogen-bond donors (Lipinski definition) is 2. The fourth-order valence-corrected chi connectivity index (χ4v) is 4.80. The van der Waals surface area contributed by atoms with Crippen molar-refractivity contribution in [3.05, 3.63) is 81.9 Å². The molecule has 1 aliphatic carbocycles. The standard InChI is InChI=1S/C25H24BrClN6O/c26-19-16-30-33-22(15-21(31-23(19)33)18-9-4-5-10-20(18)27)29-13-6-14-32(28)24(34)25(11-12-25)17-7-2-1-3-8-17/h1-5,7-10,15-16,29H,6,11-14,28H2. The molecule has 1 amide bonds. The Morgan fingerprint density at radius 3 is 2.65 bits per heavy atom. The fourth-order valence-electron chi connectivity index (χ4n) is 4.22. The first kappa shape index (κ1) is 22.8. The van der Waals surface area contributed by atoms with E-state index in [1.54, 1.807) is 10.7 Å². The number of nitrogens with one attached hydrogen (secondary N) is 1. The summed E-state index contributed by atoms with van der Waals surface area (Å²) in [4.78, 5) is 17.8. The lowest BCUT2D eigenvalue weighted by Crippen LogP contribution is -2.45. The average molecular weight is 540 g/mol. The van der Waals surface area contributed by atoms with Gasteiger partial charge in [0.25, 0.3) is 0 Å². The molecule has 34 heavy (non-hydrogen) atoms. The van der Waals surface area contributed by atoms with Crippen LogP contribution in [0.15, 0.2) is 71.3 Å². The van der Waals surface area contributed by atoms with E-state index < -0.39 is 5.41 Å². The first-order valence-electron chi connectivity index (χ1n) is 11.1. The van der Waals surface area contributed by atoms with Gasteiger partial charge in [0.2, 0.25) is 5.91 Å². The summed E-state index contributed by atoms with van der Waals surface area (Å²) in [5.74, 6) is 6.95. The van der Waals surface area contributed by atoms with E-state index >= 15 is 0 Å². The van der Waals surface area contributed by atoms with E-state index in [-0.39, 0.29) is 5.91 Å². The minimum atomic E-state index is -0.452. The summed E-state index contributed by atoms with van der Waals surface area (Å²) >= 11 is 9.93. The zero-order valence-corrected chi connectivity index (χ0v) is 20.8. The second kappa shape index (κ2) is 9.37. The quantitative estimate of drug-likeness (QED) is 0.142. The molecule has 2 aromatic heterocycles. The van der Waals surface area contributed by atoms with E-state index in [1.807, 2.05) is 60.7 Å². The molecule has 0 radical (unpaired) electrons. The van der Waals surface area contributed by atoms with E-state index in [9.17, 15) is 4.79 Å². The van der Waals surface area contributed by atoms with Crippen molar-refractivity contribution < 1.29 is 4.79 Å². The summed E-state index contributed by atoms with van der Waals surface area (Å²) in [5, 5.41) is 9.82. The number of amides is 1. The van der Waals surface area contributed by atoms with Crippen molar-refractivity contribution in [2.45, 2.75) is 24.7 Å². The highest BCUT2D eigenvalue weighted by Gasteiger charge is 2.52. The summed E-state index contributed by atoms with van der Waals surface area (Å²) in [6.45, 7) is 1.06. The van der Waals surface area contributed by atoms with Crippen LogP contribution < -0.4 is 11.2 Å². The Kier molecular flexibility index (Phi) is 6.29. The Hall–Kier alpha value is -2.94. The van der Waals surface area contributed by atoms with Crippen molar-refractivity contribution >= 4 is 44.9 Å². The Morgan fingerprint density at radius 2 is 1.91 bits per heavy atom. The molecule has 1 saturated carbocycles. The molecule has 0 spiro atoms. The predicted molar refractivity (Wildman–Crippen MR) is 137 cm³/mol. The third kappa shape index (κ3) is 4.29. The van der Waals surface area contributed by atoms with Crippen LogP contribution in [0.4, 0.5) is 5.82 Å². The highest BCUT2D eigenvalue weighted by molar-refractivity contribution is 9.10. The van der Waals surface area contributed by atoms with Crippen molar-refractivity contribution in [2.24, 2.45) is 5.84 Å². The fraction of sp³-hybridized carbons (Fsp3) is 0.240. The summed E-state index contributed by atoms with van der Waals surface area (Å²) < 4.78 is 2.53. The number of hydrogen-bond acceptors (Lipinski definition) is 5. The number of carbonyl (C=O) groups excluding carboxylic acids is 1. The number of aromatic nitrogens is 3. The number of anilines is 1. The molecule has 2 aromatic carbocycles. The number of nitrogens with zero attached hydrogens (tertiary/aromatic N) is 4. The summed E-state index contributed by atoms with van der Waals surface area (Å²) in [5.41, 5.74) is 2.87. The largest absolute Gasteiger partial charge is 0.370 e. The molecule has 0 saturated heterocycles. The highest BCUT2D eigenvalue weighted by Crippen LogP contribution is 2.49. The van der Waals surface area contributed by atoms with Gasteiger partial charge in [0.1, 0.15) is 5.82 Å². The van der Waals surface area contributed by atoms with Gasteiger partial charge in [0, 0.05) is 29.7 Å². The monoisotopic (exact) mass is 538 g/mol. The van der Waals surface area contributed by atoms with Gasteiger partial charge < -0.3 is 5.32 Å². The van der Waals surface area contributed by atoms with Crippen LogP contribution in [-0.4, -0.2) is 38.6 Å². The Morgan fingerprint density at radius 1 is 1.18 bits per heavy atom. The summed E-state index contributed by atoms with van der Waals surface area (Å²) in [7, 11) is 0. The molecule has 1 fully saturated rings. The minimum absolute atomic E-state index is 0.0120. The van der Waals surface area contributed by atoms with Crippen LogP contribution in [0.25, 0.3) is 16.9 Å². The van der Waals surface area contributed by atoms with Gasteiger partial charge in [-0.1, -0.05) is 60.1 Å². The molecular formula is C25H24BrClN6O. The maximum atomic E-state index is 13.0. The molecule has 0 unspecified atom stereocenters. The van der Waals surface area contributed by atoms with Gasteiger partial charge in [-0.05, 0) is 46.8 Å². The number of nitrogens with two attached hydrogens (primary N) is 1. The number of hydrazine groups is 1. The van der Waals surface area contributed by atoms with Crippen LogP contribution in [-0.2, 0) is 10.2 Å². The zero-order valence-electron chi connectivity index (χ0n) is 18.4. The lowest BCUT2D eigenvalue weighted by molar-refractivity contribution is -0.134. The van der Waals surface area contributed by atoms with E-state index in [0.717, 1.165) is 40.0 Å². The average Bonchev–Trinajstić information content (AvgIpc) is 3.59. The normalized spacial score (nSPS) is 14.2. The molecular weight excluding hydrogens is 516 g/mol. The lowest BCUT2D eigenvalue weighted by atomic mass is 9.95. The molecule has 0 atom stereocenters. The summed E-state index contributed by atoms with van der Waals surface area (Å²) in [6, 6.07) is 19.4. The first-order valence-corrected chi connectivity index (χ1v) is 12.3. The van der Waals surface area contributed by atoms with Crippen molar-refractivity contribution in [1.82, 2.24) is 19.6 Å². The number of halogens is 2. The second-order valence-corrected chi connectivity index (χ2v) is 9.72. The van der Waals surface area contributed by atoms with E-state index in [0.29, 0.717) is 30.2 Å². The number of benzene rings is 2. The number of fused-ring (bicyclic) bond motifs is 1. The third-order valence-electron chi connectivity index (χ3n) is 6.21.